The monoisotopic (exact) mass is 909 g/mol. The van der Waals surface area contributed by atoms with Gasteiger partial charge >= 0.3 is 64.8 Å². The van der Waals surface area contributed by atoms with E-state index in [1.807, 2.05) is 14.4 Å². The van der Waals surface area contributed by atoms with Gasteiger partial charge in [0, 0.05) is 22.3 Å². The molecule has 0 radical (unpaired) electrons. The third kappa shape index (κ3) is 20.2. The zero-order valence-corrected chi connectivity index (χ0v) is 44.5. The number of allylic oxidation sites excluding steroid dienone is 2. The van der Waals surface area contributed by atoms with Crippen LogP contribution in [0.25, 0.3) is 16.9 Å². The number of unbranched alkanes of at least 4 members (excludes halogenated alkanes) is 14. The van der Waals surface area contributed by atoms with Gasteiger partial charge in [0.15, 0.2) is 0 Å². The summed E-state index contributed by atoms with van der Waals surface area (Å²) in [6.45, 7) is 23.1. The third-order valence-corrected chi connectivity index (χ3v) is 14.6. The maximum atomic E-state index is 12.9. The second kappa shape index (κ2) is 36.2. The minimum absolute atomic E-state index is 1.05. The van der Waals surface area contributed by atoms with E-state index >= 15 is 0 Å². The normalized spacial score (nSPS) is 12.9. The number of nitrogens with zero attached hydrogens (tertiary/aromatic N) is 2. The Hall–Kier alpha value is -1.99. The fourth-order valence-electron chi connectivity index (χ4n) is 9.28. The molecule has 0 amide bonds. The van der Waals surface area contributed by atoms with Crippen molar-refractivity contribution in [2.75, 3.05) is 0 Å². The van der Waals surface area contributed by atoms with Crippen LogP contribution in [-0.2, 0) is 53.0 Å². The molecule has 0 spiro atoms. The summed E-state index contributed by atoms with van der Waals surface area (Å²) in [4.78, 5) is 0. The SMILES string of the molecule is CCCCCCC1=C(c2cc(CCCC)c(CCCC)c(CCCC)c2)[N+](=[N-])C(c2cc(CCCC)c(CCCC)c(CCCC)c2)=C1CCCCCC.CCC[CH2][Ni][CH2]CCC. The molecule has 2 aromatic rings. The number of hydrogen-bond acceptors (Lipinski definition) is 0. The average molecular weight is 910 g/mol. The van der Waals surface area contributed by atoms with Crippen LogP contribution in [0.1, 0.15) is 281 Å². The average Bonchev–Trinajstić information content (AvgIpc) is 3.57. The predicted molar refractivity (Wildman–Crippen MR) is 279 cm³/mol. The van der Waals surface area contributed by atoms with E-state index in [0.29, 0.717) is 0 Å². The second-order valence-electron chi connectivity index (χ2n) is 18.9. The van der Waals surface area contributed by atoms with Gasteiger partial charge in [-0.3, -0.25) is 0 Å². The van der Waals surface area contributed by atoms with E-state index in [0.717, 1.165) is 49.9 Å². The summed E-state index contributed by atoms with van der Waals surface area (Å²) in [5.74, 6) is 0. The minimum atomic E-state index is 1.05. The van der Waals surface area contributed by atoms with Crippen LogP contribution in [-0.4, -0.2) is 4.70 Å². The Balaban J connectivity index is 0.00000136. The zero-order chi connectivity index (χ0) is 46.1. The maximum absolute atomic E-state index is 12.9. The molecule has 2 aromatic carbocycles. The quantitative estimate of drug-likeness (QED) is 0.0370. The van der Waals surface area contributed by atoms with Crippen molar-refractivity contribution in [1.82, 2.24) is 0 Å². The van der Waals surface area contributed by atoms with Crippen LogP contribution in [0.4, 0.5) is 0 Å². The molecule has 0 saturated heterocycles. The number of rotatable bonds is 36. The van der Waals surface area contributed by atoms with Gasteiger partial charge in [0.05, 0.1) is 0 Å². The molecule has 3 heteroatoms. The van der Waals surface area contributed by atoms with Gasteiger partial charge in [-0.1, -0.05) is 132 Å². The Morgan fingerprint density at radius 3 is 0.905 bits per heavy atom. The van der Waals surface area contributed by atoms with Crippen LogP contribution in [0.3, 0.4) is 0 Å². The van der Waals surface area contributed by atoms with E-state index in [-0.39, 0.29) is 0 Å². The first-order valence-corrected chi connectivity index (χ1v) is 29.0. The molecule has 2 nitrogen and oxygen atoms in total. The zero-order valence-electron chi connectivity index (χ0n) is 43.6. The Morgan fingerprint density at radius 2 is 0.619 bits per heavy atom. The fraction of sp³-hybridized carbons (Fsp3) is 0.733. The van der Waals surface area contributed by atoms with Gasteiger partial charge < -0.3 is 5.53 Å². The van der Waals surface area contributed by atoms with Crippen molar-refractivity contribution in [1.29, 1.82) is 0 Å². The van der Waals surface area contributed by atoms with Crippen LogP contribution < -0.4 is 0 Å². The Morgan fingerprint density at radius 1 is 0.333 bits per heavy atom. The van der Waals surface area contributed by atoms with E-state index in [1.165, 1.54) is 200 Å². The molecule has 1 heterocycles. The summed E-state index contributed by atoms with van der Waals surface area (Å²) in [5, 5.41) is 2.78. The van der Waals surface area contributed by atoms with E-state index in [9.17, 15) is 5.53 Å². The van der Waals surface area contributed by atoms with Crippen LogP contribution in [0.5, 0.6) is 0 Å². The van der Waals surface area contributed by atoms with Crippen LogP contribution >= 0.6 is 0 Å². The molecule has 0 unspecified atom stereocenters. The number of hydrogen-bond donors (Lipinski definition) is 0. The molecule has 3 rings (SSSR count). The van der Waals surface area contributed by atoms with E-state index in [1.54, 1.807) is 38.1 Å². The van der Waals surface area contributed by atoms with Crippen molar-refractivity contribution in [3.05, 3.63) is 85.5 Å². The van der Waals surface area contributed by atoms with Gasteiger partial charge in [0.25, 0.3) is 0 Å². The molecule has 0 fully saturated rings. The van der Waals surface area contributed by atoms with Crippen molar-refractivity contribution >= 4 is 11.4 Å². The van der Waals surface area contributed by atoms with Gasteiger partial charge in [-0.15, -0.1) is 0 Å². The molecule has 1 aliphatic heterocycles. The number of benzene rings is 2. The molecule has 63 heavy (non-hydrogen) atoms. The van der Waals surface area contributed by atoms with Crippen molar-refractivity contribution in [3.8, 4) is 0 Å². The van der Waals surface area contributed by atoms with Crippen molar-refractivity contribution in [3.63, 3.8) is 0 Å². The second-order valence-corrected chi connectivity index (χ2v) is 20.4. The van der Waals surface area contributed by atoms with Gasteiger partial charge in [-0.25, -0.2) is 4.70 Å². The molecule has 362 valence electrons. The molecular formula is C60H102N2Ni. The van der Waals surface area contributed by atoms with Gasteiger partial charge in [-0.2, -0.15) is 0 Å². The predicted octanol–water partition coefficient (Wildman–Crippen LogP) is 20.4. The molecule has 0 aliphatic carbocycles. The molecule has 0 atom stereocenters. The molecular weight excluding hydrogens is 807 g/mol. The van der Waals surface area contributed by atoms with Crippen molar-refractivity contribution in [2.45, 2.75) is 285 Å². The first-order valence-electron chi connectivity index (χ1n) is 27.6. The summed E-state index contributed by atoms with van der Waals surface area (Å²) < 4.78 is 1.73. The van der Waals surface area contributed by atoms with E-state index in [4.69, 9.17) is 0 Å². The van der Waals surface area contributed by atoms with Crippen molar-refractivity contribution < 1.29 is 19.1 Å². The summed E-state index contributed by atoms with van der Waals surface area (Å²) in [5.41, 5.74) is 29.9. The summed E-state index contributed by atoms with van der Waals surface area (Å²) in [6.07, 6.45) is 39.1. The standard InChI is InChI=1S/C52H84N2.2C4H9.Ni/c1-9-17-25-27-35-49-50(36-28-26-18-10-2)52(46-39-43(31-21-13-5)48(34-24-16-8)44(40-46)32-22-14-6)54(53)51(49)45-37-41(29-19-11-3)47(33-23-15-7)42(38-45)30-20-12-4;2*1-3-4-2;/h37-40H,9-36H2,1-8H3;2*1,3-4H2,2H3;. The first-order chi connectivity index (χ1) is 30.8. The molecule has 0 saturated carbocycles. The fourth-order valence-corrected chi connectivity index (χ4v) is 10.7. The summed E-state index contributed by atoms with van der Waals surface area (Å²) >= 11 is 1.94. The topological polar surface area (TPSA) is 25.3 Å². The van der Waals surface area contributed by atoms with Crippen LogP contribution in [0, 0.1) is 0 Å². The summed E-state index contributed by atoms with van der Waals surface area (Å²) in [6, 6.07) is 10.1. The van der Waals surface area contributed by atoms with Crippen LogP contribution in [0.2, 0.25) is 10.8 Å². The molecule has 0 aromatic heterocycles. The summed E-state index contributed by atoms with van der Waals surface area (Å²) in [7, 11) is 0. The molecule has 0 N–H and O–H groups in total. The van der Waals surface area contributed by atoms with Crippen LogP contribution in [0.15, 0.2) is 35.4 Å². The Kier molecular flexibility index (Phi) is 32.8. The van der Waals surface area contributed by atoms with Crippen molar-refractivity contribution in [2.24, 2.45) is 0 Å². The molecule has 1 aliphatic rings. The van der Waals surface area contributed by atoms with E-state index < -0.39 is 0 Å². The van der Waals surface area contributed by atoms with Gasteiger partial charge in [0.1, 0.15) is 0 Å². The van der Waals surface area contributed by atoms with Gasteiger partial charge in [-0.05, 0) is 160 Å². The third-order valence-electron chi connectivity index (χ3n) is 13.3. The van der Waals surface area contributed by atoms with E-state index in [2.05, 4.69) is 93.5 Å². The Labute approximate surface area is 399 Å². The Bertz CT molecular complexity index is 1420. The van der Waals surface area contributed by atoms with Gasteiger partial charge in [0.2, 0.25) is 11.4 Å². The first kappa shape index (κ1) is 57.1. The number of aryl methyl sites for hydroxylation is 4. The molecule has 0 bridgehead atoms.